The lowest BCUT2D eigenvalue weighted by atomic mass is 9.98. The van der Waals surface area contributed by atoms with Gasteiger partial charge in [-0.15, -0.1) is 0 Å². The summed E-state index contributed by atoms with van der Waals surface area (Å²) >= 11 is 0. The first-order valence-corrected chi connectivity index (χ1v) is 16.2. The summed E-state index contributed by atoms with van der Waals surface area (Å²) in [6.07, 6.45) is -19.5. The average molecular weight is 871 g/mol. The molecule has 2 rings (SSSR count). The molecule has 0 radical (unpaired) electrons. The van der Waals surface area contributed by atoms with Crippen LogP contribution in [0.2, 0.25) is 0 Å². The molecule has 0 aliphatic carbocycles. The summed E-state index contributed by atoms with van der Waals surface area (Å²) in [5.41, 5.74) is 6.56. The summed E-state index contributed by atoms with van der Waals surface area (Å²) in [5.74, 6) is -12.7. The number of alkyl halides is 12. The van der Waals surface area contributed by atoms with Gasteiger partial charge in [-0.1, -0.05) is 50.1 Å². The molecule has 1 fully saturated rings. The number of rotatable bonds is 12. The second-order valence-corrected chi connectivity index (χ2v) is 11.6. The normalized spacial score (nSPS) is 14.8. The largest absolute Gasteiger partial charge is 0.490 e. The number of nitrogens with two attached hydrogens (primary N) is 1. The first kappa shape index (κ1) is 54.9. The quantitative estimate of drug-likeness (QED) is 0.0902. The number of carboxylic acids is 3. The summed E-state index contributed by atoms with van der Waals surface area (Å²) in [4.78, 5) is 77.1. The summed E-state index contributed by atoms with van der Waals surface area (Å²) in [6.45, 7) is 3.01. The third-order valence-electron chi connectivity index (χ3n) is 6.75. The van der Waals surface area contributed by atoms with Crippen molar-refractivity contribution in [2.45, 2.75) is 94.7 Å². The van der Waals surface area contributed by atoms with Gasteiger partial charge in [-0.3, -0.25) is 14.4 Å². The Labute approximate surface area is 319 Å². The maximum atomic E-state index is 13.2. The molecule has 3 atom stereocenters. The molecule has 2 amide bonds. The van der Waals surface area contributed by atoms with Gasteiger partial charge in [-0.25, -0.2) is 19.2 Å². The number of hydrogen-bond acceptors (Lipinski definition) is 10. The van der Waals surface area contributed by atoms with Crippen LogP contribution < -0.4 is 21.7 Å². The molecule has 15 nitrogen and oxygen atoms in total. The molecule has 58 heavy (non-hydrogen) atoms. The monoisotopic (exact) mass is 870 g/mol. The SMILES string of the molecule is CCCCC(NC(=O)[C@@H](CC(F)(F)F)NC(=O)[C@H](N)Cc1ccccc1)C(=O)OC(=O)C1CCNCC1.O=C(O)C(F)(F)F.O=C(O)C(F)(F)F.O=C(O)C(F)(F)F. The zero-order valence-corrected chi connectivity index (χ0v) is 29.8. The highest BCUT2D eigenvalue weighted by Gasteiger charge is 2.40. The van der Waals surface area contributed by atoms with Crippen molar-refractivity contribution in [3.05, 3.63) is 35.9 Å². The van der Waals surface area contributed by atoms with Gasteiger partial charge in [0, 0.05) is 0 Å². The third kappa shape index (κ3) is 25.9. The average Bonchev–Trinajstić information content (AvgIpc) is 3.09. The van der Waals surface area contributed by atoms with Crippen LogP contribution in [0.4, 0.5) is 52.7 Å². The Bertz CT molecular complexity index is 1430. The van der Waals surface area contributed by atoms with Crippen molar-refractivity contribution >= 4 is 41.7 Å². The van der Waals surface area contributed by atoms with Crippen molar-refractivity contribution in [3.63, 3.8) is 0 Å². The number of esters is 2. The molecular formula is C31H38F12N4O11. The van der Waals surface area contributed by atoms with Crippen LogP contribution in [0.15, 0.2) is 30.3 Å². The zero-order valence-electron chi connectivity index (χ0n) is 29.8. The Morgan fingerprint density at radius 3 is 1.53 bits per heavy atom. The number of halogens is 12. The molecule has 1 unspecified atom stereocenters. The predicted octanol–water partition coefficient (Wildman–Crippen LogP) is 3.64. The molecule has 1 heterocycles. The molecule has 0 spiro atoms. The number of aliphatic carboxylic acids is 3. The number of ether oxygens (including phenoxy) is 1. The minimum atomic E-state index is -5.08. The second-order valence-electron chi connectivity index (χ2n) is 11.6. The Hall–Kier alpha value is -5.21. The van der Waals surface area contributed by atoms with Crippen molar-refractivity contribution in [3.8, 4) is 0 Å². The molecule has 8 N–H and O–H groups in total. The number of hydrogen-bond donors (Lipinski definition) is 7. The Kier molecular flexibility index (Phi) is 23.9. The van der Waals surface area contributed by atoms with Crippen LogP contribution in [0.1, 0.15) is 51.0 Å². The standard InChI is InChI=1S/C25H35F3N4O5.3C2HF3O2/c1-2-3-9-19(24(36)37-23(35)17-10-12-30-13-11-17)31-22(34)20(15-25(26,27)28)32-21(33)18(29)14-16-7-5-4-6-8-16;3*3-2(4,5)1(6)7/h4-8,17-20,30H,2-3,9-15,29H2,1H3,(H,31,34)(H,32,33);3*(H,6,7)/t18-,19?,20-;;;/m1.../s1. The Balaban J connectivity index is 0. The molecule has 1 aromatic rings. The fourth-order valence-electron chi connectivity index (χ4n) is 3.92. The predicted molar refractivity (Wildman–Crippen MR) is 170 cm³/mol. The highest BCUT2D eigenvalue weighted by atomic mass is 19.4. The van der Waals surface area contributed by atoms with E-state index in [0.29, 0.717) is 44.3 Å². The summed E-state index contributed by atoms with van der Waals surface area (Å²) in [5, 5.41) is 28.8. The zero-order chi connectivity index (χ0) is 45.7. The van der Waals surface area contributed by atoms with Gasteiger partial charge >= 0.3 is 54.6 Å². The fourth-order valence-corrected chi connectivity index (χ4v) is 3.92. The highest BCUT2D eigenvalue weighted by Crippen LogP contribution is 2.22. The van der Waals surface area contributed by atoms with Gasteiger partial charge in [0.05, 0.1) is 18.4 Å². The van der Waals surface area contributed by atoms with Crippen LogP contribution in [0, 0.1) is 5.92 Å². The van der Waals surface area contributed by atoms with Gasteiger partial charge in [0.15, 0.2) is 0 Å². The van der Waals surface area contributed by atoms with Crippen LogP contribution in [0.5, 0.6) is 0 Å². The number of amides is 2. The van der Waals surface area contributed by atoms with E-state index in [1.165, 1.54) is 0 Å². The minimum Gasteiger partial charge on any atom is -0.475 e. The second kappa shape index (κ2) is 25.2. The fraction of sp³-hybridized carbons (Fsp3) is 0.581. The Morgan fingerprint density at radius 1 is 0.741 bits per heavy atom. The number of benzene rings is 1. The van der Waals surface area contributed by atoms with Gasteiger partial charge in [-0.05, 0) is 44.3 Å². The summed E-state index contributed by atoms with van der Waals surface area (Å²) in [7, 11) is 0. The van der Waals surface area contributed by atoms with E-state index in [4.69, 9.17) is 40.2 Å². The van der Waals surface area contributed by atoms with Crippen LogP contribution >= 0.6 is 0 Å². The van der Waals surface area contributed by atoms with Crippen molar-refractivity contribution in [2.24, 2.45) is 11.7 Å². The van der Waals surface area contributed by atoms with Gasteiger partial charge < -0.3 is 41.7 Å². The van der Waals surface area contributed by atoms with Crippen LogP contribution in [0.3, 0.4) is 0 Å². The molecule has 27 heteroatoms. The Morgan fingerprint density at radius 2 is 1.16 bits per heavy atom. The van der Waals surface area contributed by atoms with E-state index in [9.17, 15) is 71.9 Å². The lowest BCUT2D eigenvalue weighted by Crippen LogP contribution is -2.56. The molecule has 1 aliphatic heterocycles. The number of carbonyl (C=O) groups excluding carboxylic acids is 4. The van der Waals surface area contributed by atoms with E-state index >= 15 is 0 Å². The maximum Gasteiger partial charge on any atom is 0.490 e. The molecule has 1 saturated heterocycles. The molecule has 1 aromatic carbocycles. The summed E-state index contributed by atoms with van der Waals surface area (Å²) in [6, 6.07) is 4.07. The first-order chi connectivity index (χ1) is 26.3. The van der Waals surface area contributed by atoms with Gasteiger partial charge in [0.1, 0.15) is 12.1 Å². The van der Waals surface area contributed by atoms with E-state index in [2.05, 4.69) is 16.0 Å². The molecule has 0 saturated carbocycles. The maximum absolute atomic E-state index is 13.2. The van der Waals surface area contributed by atoms with E-state index in [1.807, 2.05) is 6.92 Å². The van der Waals surface area contributed by atoms with Crippen LogP contribution in [-0.2, 0) is 44.7 Å². The van der Waals surface area contributed by atoms with Crippen molar-refractivity contribution in [2.75, 3.05) is 13.1 Å². The number of unbranched alkanes of at least 4 members (excludes halogenated alkanes) is 1. The topological polar surface area (TPSA) is 252 Å². The van der Waals surface area contributed by atoms with Crippen molar-refractivity contribution < 1.29 is 106 Å². The highest BCUT2D eigenvalue weighted by molar-refractivity contribution is 5.94. The van der Waals surface area contributed by atoms with Crippen molar-refractivity contribution in [1.29, 1.82) is 0 Å². The molecular weight excluding hydrogens is 832 g/mol. The number of carbonyl (C=O) groups is 7. The molecule has 0 aromatic heterocycles. The van der Waals surface area contributed by atoms with Crippen LogP contribution in [-0.4, -0.2) is 113 Å². The first-order valence-electron chi connectivity index (χ1n) is 16.2. The van der Waals surface area contributed by atoms with Gasteiger partial charge in [0.25, 0.3) is 0 Å². The smallest absolute Gasteiger partial charge is 0.475 e. The van der Waals surface area contributed by atoms with Crippen LogP contribution in [0.25, 0.3) is 0 Å². The van der Waals surface area contributed by atoms with Crippen molar-refractivity contribution in [1.82, 2.24) is 16.0 Å². The third-order valence-corrected chi connectivity index (χ3v) is 6.75. The minimum absolute atomic E-state index is 0.0529. The summed E-state index contributed by atoms with van der Waals surface area (Å²) < 4.78 is 140. The lowest BCUT2D eigenvalue weighted by molar-refractivity contribution is -0.193. The van der Waals surface area contributed by atoms with E-state index in [1.54, 1.807) is 30.3 Å². The van der Waals surface area contributed by atoms with Gasteiger partial charge in [0.2, 0.25) is 11.8 Å². The molecule has 332 valence electrons. The number of carboxylic acid groups (broad SMARTS) is 3. The lowest BCUT2D eigenvalue weighted by Gasteiger charge is -2.25. The molecule has 0 bridgehead atoms. The van der Waals surface area contributed by atoms with E-state index in [-0.39, 0.29) is 12.8 Å². The molecule has 1 aliphatic rings. The number of nitrogens with one attached hydrogen (secondary N) is 3. The van der Waals surface area contributed by atoms with E-state index < -0.39 is 96.8 Å². The van der Waals surface area contributed by atoms with E-state index in [0.717, 1.165) is 0 Å². The number of piperidine rings is 1. The van der Waals surface area contributed by atoms with Gasteiger partial charge in [-0.2, -0.15) is 52.7 Å².